The van der Waals surface area contributed by atoms with Crippen molar-refractivity contribution in [3.8, 4) is 0 Å². The maximum absolute atomic E-state index is 12.3. The molecule has 2 atom stereocenters. The van der Waals surface area contributed by atoms with Crippen LogP contribution in [0, 0.1) is 11.8 Å². The van der Waals surface area contributed by atoms with Crippen LogP contribution in [0.15, 0.2) is 46.4 Å². The summed E-state index contributed by atoms with van der Waals surface area (Å²) in [4.78, 5) is 2.64. The lowest BCUT2D eigenvalue weighted by Gasteiger charge is -2.31. The monoisotopic (exact) mass is 318 g/mol. The van der Waals surface area contributed by atoms with Crippen molar-refractivity contribution in [3.05, 3.63) is 42.0 Å². The molecule has 0 amide bonds. The summed E-state index contributed by atoms with van der Waals surface area (Å²) in [5.74, 6) is 0.972. The van der Waals surface area contributed by atoms with E-state index < -0.39 is 10.0 Å². The second kappa shape index (κ2) is 5.23. The van der Waals surface area contributed by atoms with Crippen molar-refractivity contribution < 1.29 is 8.42 Å². The summed E-state index contributed by atoms with van der Waals surface area (Å²) in [6, 6.07) is 7.01. The summed E-state index contributed by atoms with van der Waals surface area (Å²) in [7, 11) is -3.58. The van der Waals surface area contributed by atoms with Gasteiger partial charge in [-0.3, -0.25) is 0 Å². The molecule has 118 valence electrons. The number of hydrogen-bond acceptors (Lipinski definition) is 3. The predicted octanol–water partition coefficient (Wildman–Crippen LogP) is 3.21. The van der Waals surface area contributed by atoms with E-state index in [0.717, 1.165) is 24.1 Å². The molecule has 5 heteroatoms. The first-order valence-corrected chi connectivity index (χ1v) is 9.11. The molecule has 1 aromatic rings. The minimum Gasteiger partial charge on any atom is -0.200 e. The number of rotatable bonds is 3. The highest BCUT2D eigenvalue weighted by atomic mass is 32.2. The fourth-order valence-electron chi connectivity index (χ4n) is 2.97. The molecule has 1 fully saturated rings. The Kier molecular flexibility index (Phi) is 3.63. The lowest BCUT2D eigenvalue weighted by molar-refractivity contribution is 0.463. The Hall–Kier alpha value is -1.62. The maximum Gasteiger partial charge on any atom is 0.276 e. The van der Waals surface area contributed by atoms with Crippen molar-refractivity contribution in [3.63, 3.8) is 0 Å². The molecule has 1 N–H and O–H groups in total. The van der Waals surface area contributed by atoms with Gasteiger partial charge in [-0.25, -0.2) is 4.83 Å². The number of nitrogens with one attached hydrogen (secondary N) is 1. The second-order valence-electron chi connectivity index (χ2n) is 7.11. The molecule has 1 saturated carbocycles. The van der Waals surface area contributed by atoms with Crippen LogP contribution < -0.4 is 4.83 Å². The van der Waals surface area contributed by atoms with Crippen LogP contribution in [0.1, 0.15) is 39.2 Å². The van der Waals surface area contributed by atoms with Crippen LogP contribution in [0.25, 0.3) is 0 Å². The molecule has 0 saturated heterocycles. The van der Waals surface area contributed by atoms with E-state index in [1.165, 1.54) is 0 Å². The minimum absolute atomic E-state index is 0.00631. The van der Waals surface area contributed by atoms with Gasteiger partial charge in [-0.1, -0.05) is 45.1 Å². The van der Waals surface area contributed by atoms with Gasteiger partial charge in [0.05, 0.1) is 4.90 Å². The van der Waals surface area contributed by atoms with Crippen LogP contribution >= 0.6 is 0 Å². The Morgan fingerprint density at radius 2 is 1.86 bits per heavy atom. The van der Waals surface area contributed by atoms with Crippen molar-refractivity contribution in [2.75, 3.05) is 0 Å². The average Bonchev–Trinajstić information content (AvgIpc) is 2.79. The van der Waals surface area contributed by atoms with Crippen molar-refractivity contribution in [2.45, 2.75) is 43.9 Å². The van der Waals surface area contributed by atoms with Crippen LogP contribution in [0.4, 0.5) is 0 Å². The van der Waals surface area contributed by atoms with Crippen molar-refractivity contribution in [1.82, 2.24) is 4.83 Å². The molecule has 3 rings (SSSR count). The second-order valence-corrected chi connectivity index (χ2v) is 8.77. The van der Waals surface area contributed by atoms with Crippen LogP contribution in [-0.4, -0.2) is 14.1 Å². The number of fused-ring (bicyclic) bond motifs is 1. The lowest BCUT2D eigenvalue weighted by atomic mass is 9.74. The van der Waals surface area contributed by atoms with Crippen LogP contribution in [0.5, 0.6) is 0 Å². The van der Waals surface area contributed by atoms with Gasteiger partial charge < -0.3 is 0 Å². The molecule has 2 aliphatic rings. The molecule has 0 aliphatic heterocycles. The number of benzene rings is 1. The topological polar surface area (TPSA) is 58.5 Å². The zero-order valence-electron chi connectivity index (χ0n) is 13.2. The molecule has 1 aromatic carbocycles. The van der Waals surface area contributed by atoms with Gasteiger partial charge in [-0.05, 0) is 41.9 Å². The molecule has 0 heterocycles. The molecule has 0 radical (unpaired) electrons. The highest BCUT2D eigenvalue weighted by Gasteiger charge is 2.38. The Morgan fingerprint density at radius 1 is 1.18 bits per heavy atom. The highest BCUT2D eigenvalue weighted by Crippen LogP contribution is 2.40. The Bertz CT molecular complexity index is 725. The van der Waals surface area contributed by atoms with E-state index in [9.17, 15) is 8.42 Å². The van der Waals surface area contributed by atoms with Gasteiger partial charge in [-0.2, -0.15) is 13.5 Å². The maximum atomic E-state index is 12.3. The van der Waals surface area contributed by atoms with Crippen LogP contribution in [0.3, 0.4) is 0 Å². The average molecular weight is 318 g/mol. The minimum atomic E-state index is -3.58. The Balaban J connectivity index is 1.72. The van der Waals surface area contributed by atoms with E-state index in [0.29, 0.717) is 11.8 Å². The molecule has 0 unspecified atom stereocenters. The quantitative estimate of drug-likeness (QED) is 0.687. The smallest absolute Gasteiger partial charge is 0.200 e. The van der Waals surface area contributed by atoms with E-state index in [-0.39, 0.29) is 10.3 Å². The first-order chi connectivity index (χ1) is 10.3. The number of nitrogens with zero attached hydrogens (tertiary/aromatic N) is 1. The lowest BCUT2D eigenvalue weighted by Crippen LogP contribution is -2.35. The van der Waals surface area contributed by atoms with Gasteiger partial charge in [0.2, 0.25) is 0 Å². The van der Waals surface area contributed by atoms with Gasteiger partial charge in [-0.15, -0.1) is 0 Å². The zero-order valence-corrected chi connectivity index (χ0v) is 14.0. The van der Waals surface area contributed by atoms with Crippen molar-refractivity contribution in [2.24, 2.45) is 16.9 Å². The molecular weight excluding hydrogens is 296 g/mol. The van der Waals surface area contributed by atoms with E-state index in [1.807, 2.05) is 12.1 Å². The van der Waals surface area contributed by atoms with Gasteiger partial charge in [0, 0.05) is 11.6 Å². The molecule has 22 heavy (non-hydrogen) atoms. The van der Waals surface area contributed by atoms with E-state index >= 15 is 0 Å². The summed E-state index contributed by atoms with van der Waals surface area (Å²) < 4.78 is 24.6. The van der Waals surface area contributed by atoms with Gasteiger partial charge in [0.15, 0.2) is 0 Å². The predicted molar refractivity (Wildman–Crippen MR) is 88.3 cm³/mol. The summed E-state index contributed by atoms with van der Waals surface area (Å²) in [5.41, 5.74) is 2.08. The first-order valence-electron chi connectivity index (χ1n) is 7.63. The molecule has 2 aliphatic carbocycles. The fraction of sp³-hybridized carbons (Fsp3) is 0.471. The number of sulfonamides is 1. The number of hydrogen-bond donors (Lipinski definition) is 1. The van der Waals surface area contributed by atoms with Gasteiger partial charge in [0.1, 0.15) is 0 Å². The van der Waals surface area contributed by atoms with Crippen molar-refractivity contribution >= 4 is 15.7 Å². The van der Waals surface area contributed by atoms with E-state index in [2.05, 4.69) is 42.9 Å². The van der Waals surface area contributed by atoms with Crippen LogP contribution in [-0.2, 0) is 15.4 Å². The first kappa shape index (κ1) is 15.3. The summed E-state index contributed by atoms with van der Waals surface area (Å²) >= 11 is 0. The van der Waals surface area contributed by atoms with E-state index in [4.69, 9.17) is 0 Å². The highest BCUT2D eigenvalue weighted by molar-refractivity contribution is 7.89. The fourth-order valence-corrected chi connectivity index (χ4v) is 3.81. The van der Waals surface area contributed by atoms with Gasteiger partial charge >= 0.3 is 0 Å². The SMILES string of the molecule is CC(C)(C)c1ccc(S(=O)(=O)N/N=C2\C[C@@H]3C=CC[C@H]23)cc1. The van der Waals surface area contributed by atoms with Crippen molar-refractivity contribution in [1.29, 1.82) is 0 Å². The molecule has 0 bridgehead atoms. The molecule has 0 aromatic heterocycles. The number of allylic oxidation sites excluding steroid dienone is 2. The molecule has 0 spiro atoms. The summed E-state index contributed by atoms with van der Waals surface area (Å²) in [6.07, 6.45) is 6.19. The molecule has 4 nitrogen and oxygen atoms in total. The summed E-state index contributed by atoms with van der Waals surface area (Å²) in [6.45, 7) is 6.30. The van der Waals surface area contributed by atoms with Crippen LogP contribution in [0.2, 0.25) is 0 Å². The number of hydrazone groups is 1. The normalized spacial score (nSPS) is 25.9. The largest absolute Gasteiger partial charge is 0.276 e. The third-order valence-electron chi connectivity index (χ3n) is 4.50. The molecular formula is C17H22N2O2S. The van der Waals surface area contributed by atoms with E-state index in [1.54, 1.807) is 12.1 Å². The van der Waals surface area contributed by atoms with Gasteiger partial charge in [0.25, 0.3) is 10.0 Å². The zero-order chi connectivity index (χ0) is 16.0. The summed E-state index contributed by atoms with van der Waals surface area (Å²) in [5, 5.41) is 4.13. The standard InChI is InChI=1S/C17H22N2O2S/c1-17(2,3)13-7-9-14(10-8-13)22(20,21)19-18-16-11-12-5-4-6-15(12)16/h4-5,7-10,12,15,19H,6,11H2,1-3H3/b18-16+/t12-,15-/m0/s1. The Labute approximate surface area is 132 Å². The Morgan fingerprint density at radius 3 is 2.45 bits per heavy atom. The third-order valence-corrected chi connectivity index (χ3v) is 5.73. The third kappa shape index (κ3) is 2.82.